The number of nitrogens with one attached hydrogen (secondary N) is 2. The zero-order valence-corrected chi connectivity index (χ0v) is 12.1. The lowest BCUT2D eigenvalue weighted by Crippen LogP contribution is -2.49. The molecule has 0 aliphatic carbocycles. The first-order chi connectivity index (χ1) is 8.90. The quantitative estimate of drug-likeness (QED) is 0.813. The van der Waals surface area contributed by atoms with Crippen molar-refractivity contribution >= 4 is 23.4 Å². The van der Waals surface area contributed by atoms with Gasteiger partial charge in [0.25, 0.3) is 0 Å². The predicted octanol–water partition coefficient (Wildman–Crippen LogP) is 0.813. The van der Waals surface area contributed by atoms with Crippen molar-refractivity contribution in [2.24, 2.45) is 5.92 Å². The Labute approximate surface area is 117 Å². The second kappa shape index (κ2) is 7.13. The van der Waals surface area contributed by atoms with Crippen LogP contribution in [0, 0.1) is 5.92 Å². The van der Waals surface area contributed by atoms with E-state index >= 15 is 0 Å². The van der Waals surface area contributed by atoms with E-state index in [4.69, 9.17) is 11.6 Å². The third-order valence-electron chi connectivity index (χ3n) is 2.55. The second-order valence-electron chi connectivity index (χ2n) is 4.63. The second-order valence-corrected chi connectivity index (χ2v) is 5.07. The molecule has 2 N–H and O–H groups in total. The molecule has 1 aromatic rings. The summed E-state index contributed by atoms with van der Waals surface area (Å²) in [5.74, 6) is -0.376. The summed E-state index contributed by atoms with van der Waals surface area (Å²) in [6.07, 6.45) is 3.22. The van der Waals surface area contributed by atoms with Crippen LogP contribution in [0.4, 0.5) is 0 Å². The summed E-state index contributed by atoms with van der Waals surface area (Å²) in [4.78, 5) is 23.0. The first-order valence-electron chi connectivity index (χ1n) is 6.13. The molecule has 2 amide bonds. The van der Waals surface area contributed by atoms with Gasteiger partial charge in [0, 0.05) is 19.7 Å². The molecule has 0 fully saturated rings. The highest BCUT2D eigenvalue weighted by Crippen LogP contribution is 2.04. The number of rotatable bonds is 6. The molecule has 1 aromatic heterocycles. The first kappa shape index (κ1) is 15.5. The SMILES string of the molecule is CC(=O)NC(C(=O)NCCn1cc(Cl)cn1)C(C)C. The Bertz CT molecular complexity index is 445. The minimum Gasteiger partial charge on any atom is -0.352 e. The lowest BCUT2D eigenvalue weighted by molar-refractivity contribution is -0.129. The van der Waals surface area contributed by atoms with Crippen LogP contribution in [0.2, 0.25) is 5.02 Å². The van der Waals surface area contributed by atoms with Crippen molar-refractivity contribution in [1.82, 2.24) is 20.4 Å². The van der Waals surface area contributed by atoms with Crippen LogP contribution in [0.15, 0.2) is 12.4 Å². The number of amides is 2. The van der Waals surface area contributed by atoms with Crippen molar-refractivity contribution < 1.29 is 9.59 Å². The van der Waals surface area contributed by atoms with Crippen LogP contribution < -0.4 is 10.6 Å². The summed E-state index contributed by atoms with van der Waals surface area (Å²) in [7, 11) is 0. The summed E-state index contributed by atoms with van der Waals surface area (Å²) in [5.41, 5.74) is 0. The van der Waals surface area contributed by atoms with Crippen molar-refractivity contribution in [3.63, 3.8) is 0 Å². The van der Waals surface area contributed by atoms with Gasteiger partial charge in [-0.15, -0.1) is 0 Å². The average Bonchev–Trinajstić information content (AvgIpc) is 2.71. The summed E-state index contributed by atoms with van der Waals surface area (Å²) < 4.78 is 1.64. The smallest absolute Gasteiger partial charge is 0.242 e. The molecule has 0 aromatic carbocycles. The lowest BCUT2D eigenvalue weighted by atomic mass is 10.0. The topological polar surface area (TPSA) is 76.0 Å². The van der Waals surface area contributed by atoms with Crippen molar-refractivity contribution in [2.45, 2.75) is 33.4 Å². The molecule has 0 radical (unpaired) electrons. The number of hydrogen-bond donors (Lipinski definition) is 2. The summed E-state index contributed by atoms with van der Waals surface area (Å²) in [6.45, 7) is 6.12. The van der Waals surface area contributed by atoms with Gasteiger partial charge in [0.05, 0.1) is 17.8 Å². The van der Waals surface area contributed by atoms with Crippen LogP contribution in [-0.2, 0) is 16.1 Å². The zero-order valence-electron chi connectivity index (χ0n) is 11.3. The summed E-state index contributed by atoms with van der Waals surface area (Å²) >= 11 is 5.73. The van der Waals surface area contributed by atoms with Crippen LogP contribution >= 0.6 is 11.6 Å². The number of nitrogens with zero attached hydrogens (tertiary/aromatic N) is 2. The monoisotopic (exact) mass is 286 g/mol. The first-order valence-corrected chi connectivity index (χ1v) is 6.50. The number of halogens is 1. The van der Waals surface area contributed by atoms with E-state index in [0.717, 1.165) is 0 Å². The Balaban J connectivity index is 2.42. The van der Waals surface area contributed by atoms with Crippen molar-refractivity contribution in [3.05, 3.63) is 17.4 Å². The third-order valence-corrected chi connectivity index (χ3v) is 2.74. The van der Waals surface area contributed by atoms with E-state index in [0.29, 0.717) is 18.1 Å². The minimum atomic E-state index is -0.515. The van der Waals surface area contributed by atoms with Crippen LogP contribution in [-0.4, -0.2) is 34.2 Å². The molecular weight excluding hydrogens is 268 g/mol. The molecule has 0 saturated carbocycles. The molecule has 6 nitrogen and oxygen atoms in total. The molecule has 0 bridgehead atoms. The van der Waals surface area contributed by atoms with Gasteiger partial charge >= 0.3 is 0 Å². The summed E-state index contributed by atoms with van der Waals surface area (Å²) in [6, 6.07) is -0.515. The predicted molar refractivity (Wildman–Crippen MR) is 72.7 cm³/mol. The molecule has 0 spiro atoms. The number of carbonyl (C=O) groups excluding carboxylic acids is 2. The molecule has 0 aliphatic heterocycles. The van der Waals surface area contributed by atoms with Gasteiger partial charge in [0.2, 0.25) is 11.8 Å². The lowest BCUT2D eigenvalue weighted by Gasteiger charge is -2.20. The highest BCUT2D eigenvalue weighted by Gasteiger charge is 2.22. The van der Waals surface area contributed by atoms with Crippen LogP contribution in [0.5, 0.6) is 0 Å². The van der Waals surface area contributed by atoms with Gasteiger partial charge in [0.1, 0.15) is 6.04 Å². The molecular formula is C12H19ClN4O2. The van der Waals surface area contributed by atoms with Crippen LogP contribution in [0.1, 0.15) is 20.8 Å². The molecule has 1 rings (SSSR count). The molecule has 1 unspecified atom stereocenters. The Hall–Kier alpha value is -1.56. The van der Waals surface area contributed by atoms with E-state index in [9.17, 15) is 9.59 Å². The Morgan fingerprint density at radius 1 is 1.47 bits per heavy atom. The van der Waals surface area contributed by atoms with E-state index in [1.807, 2.05) is 13.8 Å². The standard InChI is InChI=1S/C12H19ClN4O2/c1-8(2)11(16-9(3)18)12(19)14-4-5-17-7-10(13)6-15-17/h6-8,11H,4-5H2,1-3H3,(H,14,19)(H,16,18). The van der Waals surface area contributed by atoms with E-state index in [1.54, 1.807) is 10.9 Å². The fourth-order valence-corrected chi connectivity index (χ4v) is 1.77. The van der Waals surface area contributed by atoms with Gasteiger partial charge < -0.3 is 10.6 Å². The van der Waals surface area contributed by atoms with Gasteiger partial charge in [-0.1, -0.05) is 25.4 Å². The average molecular weight is 287 g/mol. The number of aromatic nitrogens is 2. The Morgan fingerprint density at radius 3 is 2.63 bits per heavy atom. The third kappa shape index (κ3) is 5.30. The highest BCUT2D eigenvalue weighted by molar-refractivity contribution is 6.30. The Kier molecular flexibility index (Phi) is 5.82. The fourth-order valence-electron chi connectivity index (χ4n) is 1.62. The molecule has 19 heavy (non-hydrogen) atoms. The normalized spacial score (nSPS) is 12.3. The molecule has 7 heteroatoms. The van der Waals surface area contributed by atoms with Crippen LogP contribution in [0.3, 0.4) is 0 Å². The molecule has 0 aliphatic rings. The summed E-state index contributed by atoms with van der Waals surface area (Å²) in [5, 5.41) is 9.97. The maximum absolute atomic E-state index is 11.9. The van der Waals surface area contributed by atoms with Gasteiger partial charge in [0.15, 0.2) is 0 Å². The fraction of sp³-hybridized carbons (Fsp3) is 0.583. The van der Waals surface area contributed by atoms with Gasteiger partial charge in [-0.3, -0.25) is 14.3 Å². The van der Waals surface area contributed by atoms with E-state index in [-0.39, 0.29) is 17.7 Å². The molecule has 106 valence electrons. The maximum Gasteiger partial charge on any atom is 0.242 e. The Morgan fingerprint density at radius 2 is 2.16 bits per heavy atom. The largest absolute Gasteiger partial charge is 0.352 e. The minimum absolute atomic E-state index is 0.0306. The maximum atomic E-state index is 11.9. The number of carbonyl (C=O) groups is 2. The van der Waals surface area contributed by atoms with Crippen molar-refractivity contribution in [3.8, 4) is 0 Å². The molecule has 1 heterocycles. The zero-order chi connectivity index (χ0) is 14.4. The van der Waals surface area contributed by atoms with Gasteiger partial charge in [-0.05, 0) is 5.92 Å². The van der Waals surface area contributed by atoms with Crippen molar-refractivity contribution in [1.29, 1.82) is 0 Å². The molecule has 0 saturated heterocycles. The van der Waals surface area contributed by atoms with Gasteiger partial charge in [-0.25, -0.2) is 0 Å². The van der Waals surface area contributed by atoms with E-state index < -0.39 is 6.04 Å². The van der Waals surface area contributed by atoms with Crippen molar-refractivity contribution in [2.75, 3.05) is 6.54 Å². The van der Waals surface area contributed by atoms with Crippen LogP contribution in [0.25, 0.3) is 0 Å². The number of hydrogen-bond acceptors (Lipinski definition) is 3. The van der Waals surface area contributed by atoms with E-state index in [1.165, 1.54) is 13.1 Å². The molecule has 1 atom stereocenters. The van der Waals surface area contributed by atoms with E-state index in [2.05, 4.69) is 15.7 Å². The van der Waals surface area contributed by atoms with Gasteiger partial charge in [-0.2, -0.15) is 5.10 Å². The highest BCUT2D eigenvalue weighted by atomic mass is 35.5.